The van der Waals surface area contributed by atoms with Gasteiger partial charge in [-0.15, -0.1) is 11.3 Å². The highest BCUT2D eigenvalue weighted by Gasteiger charge is 2.16. The van der Waals surface area contributed by atoms with Crippen LogP contribution in [0.15, 0.2) is 54.6 Å². The number of ether oxygens (including phenoxy) is 1. The summed E-state index contributed by atoms with van der Waals surface area (Å²) in [5, 5.41) is 3.83. The van der Waals surface area contributed by atoms with Crippen molar-refractivity contribution in [3.63, 3.8) is 0 Å². The molecule has 6 heteroatoms. The van der Waals surface area contributed by atoms with Crippen LogP contribution in [0.3, 0.4) is 0 Å². The van der Waals surface area contributed by atoms with Crippen molar-refractivity contribution < 1.29 is 13.9 Å². The molecule has 1 heterocycles. The molecule has 0 saturated carbocycles. The number of rotatable bonds is 10. The van der Waals surface area contributed by atoms with Gasteiger partial charge in [-0.25, -0.2) is 9.37 Å². The summed E-state index contributed by atoms with van der Waals surface area (Å²) in [5.74, 6) is 0.196. The first-order valence-corrected chi connectivity index (χ1v) is 10.6. The molecule has 1 N–H and O–H groups in total. The third-order valence-corrected chi connectivity index (χ3v) is 5.45. The summed E-state index contributed by atoms with van der Waals surface area (Å²) < 4.78 is 18.4. The first-order chi connectivity index (χ1) is 14.1. The fourth-order valence-corrected chi connectivity index (χ4v) is 3.97. The lowest BCUT2D eigenvalue weighted by atomic mass is 10.1. The summed E-state index contributed by atoms with van der Waals surface area (Å²) in [6.45, 7) is 2.88. The van der Waals surface area contributed by atoms with Crippen molar-refractivity contribution in [1.82, 2.24) is 10.3 Å². The Labute approximate surface area is 174 Å². The van der Waals surface area contributed by atoms with Crippen LogP contribution in [0.1, 0.15) is 38.8 Å². The Bertz CT molecular complexity index is 910. The Hall–Kier alpha value is -2.73. The number of amides is 1. The van der Waals surface area contributed by atoms with Crippen LogP contribution in [0, 0.1) is 12.7 Å². The molecule has 1 amide bonds. The number of nitrogens with one attached hydrogen (secondary N) is 1. The minimum atomic E-state index is -0.289. The van der Waals surface area contributed by atoms with E-state index in [1.54, 1.807) is 23.5 Å². The Balaban J connectivity index is 1.42. The fourth-order valence-electron chi connectivity index (χ4n) is 2.99. The number of carbonyl (C=O) groups excluding carboxylic acids is 1. The van der Waals surface area contributed by atoms with E-state index in [9.17, 15) is 9.18 Å². The summed E-state index contributed by atoms with van der Waals surface area (Å²) >= 11 is 1.59. The second-order valence-electron chi connectivity index (χ2n) is 6.76. The monoisotopic (exact) mass is 412 g/mol. The summed E-state index contributed by atoms with van der Waals surface area (Å²) in [6.07, 6.45) is 3.48. The quantitative estimate of drug-likeness (QED) is 0.479. The smallest absolute Gasteiger partial charge is 0.271 e. The number of carbonyl (C=O) groups is 1. The fraction of sp³-hybridized carbons (Fsp3) is 0.304. The second-order valence-corrected chi connectivity index (χ2v) is 8.04. The molecule has 0 radical (unpaired) electrons. The number of hydrogen-bond acceptors (Lipinski definition) is 4. The summed E-state index contributed by atoms with van der Waals surface area (Å²) in [5.41, 5.74) is 1.85. The van der Waals surface area contributed by atoms with Gasteiger partial charge in [0.05, 0.1) is 11.6 Å². The number of aryl methyl sites for hydroxylation is 3. The van der Waals surface area contributed by atoms with E-state index >= 15 is 0 Å². The highest BCUT2D eigenvalue weighted by molar-refractivity contribution is 7.11. The summed E-state index contributed by atoms with van der Waals surface area (Å²) in [7, 11) is 0. The van der Waals surface area contributed by atoms with E-state index in [2.05, 4.69) is 22.4 Å². The molecule has 0 saturated heterocycles. The number of halogens is 1. The van der Waals surface area contributed by atoms with Crippen molar-refractivity contribution in [2.75, 3.05) is 13.2 Å². The molecule has 0 spiro atoms. The lowest BCUT2D eigenvalue weighted by Gasteiger charge is -2.07. The summed E-state index contributed by atoms with van der Waals surface area (Å²) in [6, 6.07) is 16.3. The van der Waals surface area contributed by atoms with Gasteiger partial charge in [0.25, 0.3) is 5.91 Å². The van der Waals surface area contributed by atoms with Crippen LogP contribution < -0.4 is 10.1 Å². The predicted octanol–water partition coefficient (Wildman–Crippen LogP) is 4.96. The Morgan fingerprint density at radius 1 is 1.07 bits per heavy atom. The molecule has 0 unspecified atom stereocenters. The van der Waals surface area contributed by atoms with Crippen LogP contribution in [0.4, 0.5) is 4.39 Å². The number of thiazole rings is 1. The number of nitrogens with zero attached hydrogens (tertiary/aromatic N) is 1. The Morgan fingerprint density at radius 2 is 1.83 bits per heavy atom. The molecule has 0 aliphatic heterocycles. The number of benzene rings is 2. The van der Waals surface area contributed by atoms with E-state index in [1.165, 1.54) is 17.7 Å². The van der Waals surface area contributed by atoms with E-state index in [1.807, 2.05) is 25.1 Å². The second kappa shape index (κ2) is 10.7. The predicted molar refractivity (Wildman–Crippen MR) is 114 cm³/mol. The van der Waals surface area contributed by atoms with Gasteiger partial charge >= 0.3 is 0 Å². The van der Waals surface area contributed by atoms with E-state index in [0.29, 0.717) is 31.0 Å². The maximum atomic E-state index is 12.9. The Kier molecular flexibility index (Phi) is 7.76. The zero-order chi connectivity index (χ0) is 20.5. The average Bonchev–Trinajstić information content (AvgIpc) is 3.10. The molecule has 152 valence electrons. The largest absolute Gasteiger partial charge is 0.494 e. The molecular weight excluding hydrogens is 387 g/mol. The molecule has 0 fully saturated rings. The highest BCUT2D eigenvalue weighted by Crippen LogP contribution is 2.21. The lowest BCUT2D eigenvalue weighted by Crippen LogP contribution is -2.26. The maximum absolute atomic E-state index is 12.9. The third kappa shape index (κ3) is 6.68. The van der Waals surface area contributed by atoms with Gasteiger partial charge in [0.15, 0.2) is 0 Å². The first-order valence-electron chi connectivity index (χ1n) is 9.78. The first kappa shape index (κ1) is 21.0. The van der Waals surface area contributed by atoms with Gasteiger partial charge in [-0.2, -0.15) is 0 Å². The van der Waals surface area contributed by atoms with Crippen LogP contribution in [-0.2, 0) is 12.8 Å². The minimum absolute atomic E-state index is 0.133. The van der Waals surface area contributed by atoms with Crippen molar-refractivity contribution in [2.24, 2.45) is 0 Å². The van der Waals surface area contributed by atoms with Crippen molar-refractivity contribution >= 4 is 17.2 Å². The van der Waals surface area contributed by atoms with Gasteiger partial charge in [0.1, 0.15) is 17.3 Å². The van der Waals surface area contributed by atoms with Crippen LogP contribution >= 0.6 is 11.3 Å². The molecule has 4 nitrogen and oxygen atoms in total. The Morgan fingerprint density at radius 3 is 2.59 bits per heavy atom. The van der Waals surface area contributed by atoms with E-state index in [0.717, 1.165) is 29.1 Å². The molecular formula is C23H25FN2O2S. The van der Waals surface area contributed by atoms with Crippen LogP contribution in [0.5, 0.6) is 5.75 Å². The van der Waals surface area contributed by atoms with Crippen LogP contribution in [0.2, 0.25) is 0 Å². The SMILES string of the molecule is Cc1nc(C(=O)NCCCOc2ccc(F)cc2)c(CCCc2ccccc2)s1. The average molecular weight is 413 g/mol. The molecule has 0 atom stereocenters. The van der Waals surface area contributed by atoms with Crippen molar-refractivity contribution in [1.29, 1.82) is 0 Å². The lowest BCUT2D eigenvalue weighted by molar-refractivity contribution is 0.0946. The highest BCUT2D eigenvalue weighted by atomic mass is 32.1. The van der Waals surface area contributed by atoms with Gasteiger partial charge in [-0.05, 0) is 62.4 Å². The van der Waals surface area contributed by atoms with Crippen molar-refractivity contribution in [3.8, 4) is 5.75 Å². The molecule has 3 aromatic rings. The topological polar surface area (TPSA) is 51.2 Å². The van der Waals surface area contributed by atoms with Crippen molar-refractivity contribution in [3.05, 3.63) is 81.6 Å². The zero-order valence-electron chi connectivity index (χ0n) is 16.5. The summed E-state index contributed by atoms with van der Waals surface area (Å²) in [4.78, 5) is 18.0. The minimum Gasteiger partial charge on any atom is -0.494 e. The van der Waals surface area contributed by atoms with E-state index in [4.69, 9.17) is 4.74 Å². The molecule has 0 aliphatic rings. The standard InChI is InChI=1S/C23H25FN2O2S/c1-17-26-22(21(29-17)10-5-9-18-7-3-2-4-8-18)23(27)25-15-6-16-28-20-13-11-19(24)12-14-20/h2-4,7-8,11-14H,5-6,9-10,15-16H2,1H3,(H,25,27). The molecule has 1 aromatic heterocycles. The van der Waals surface area contributed by atoms with Gasteiger partial charge in [-0.3, -0.25) is 4.79 Å². The van der Waals surface area contributed by atoms with E-state index in [-0.39, 0.29) is 11.7 Å². The zero-order valence-corrected chi connectivity index (χ0v) is 17.3. The van der Waals surface area contributed by atoms with Crippen LogP contribution in [0.25, 0.3) is 0 Å². The normalized spacial score (nSPS) is 10.7. The molecule has 29 heavy (non-hydrogen) atoms. The van der Waals surface area contributed by atoms with Gasteiger partial charge in [0, 0.05) is 11.4 Å². The molecule has 0 aliphatic carbocycles. The van der Waals surface area contributed by atoms with Gasteiger partial charge in [-0.1, -0.05) is 30.3 Å². The van der Waals surface area contributed by atoms with Crippen LogP contribution in [-0.4, -0.2) is 24.0 Å². The molecule has 2 aromatic carbocycles. The molecule has 0 bridgehead atoms. The van der Waals surface area contributed by atoms with Gasteiger partial charge in [0.2, 0.25) is 0 Å². The van der Waals surface area contributed by atoms with Gasteiger partial charge < -0.3 is 10.1 Å². The van der Waals surface area contributed by atoms with Crippen molar-refractivity contribution in [2.45, 2.75) is 32.6 Å². The number of aromatic nitrogens is 1. The van der Waals surface area contributed by atoms with E-state index < -0.39 is 0 Å². The third-order valence-electron chi connectivity index (χ3n) is 4.42. The maximum Gasteiger partial charge on any atom is 0.271 e. The number of hydrogen-bond donors (Lipinski definition) is 1. The molecule has 3 rings (SSSR count).